The molecule has 0 atom stereocenters. The number of anilines is 1. The van der Waals surface area contributed by atoms with Crippen molar-refractivity contribution in [2.75, 3.05) is 18.8 Å². The van der Waals surface area contributed by atoms with E-state index >= 15 is 0 Å². The van der Waals surface area contributed by atoms with Crippen LogP contribution in [-0.4, -0.2) is 55.4 Å². The molecule has 0 aromatic carbocycles. The zero-order chi connectivity index (χ0) is 20.1. The van der Waals surface area contributed by atoms with Crippen LogP contribution in [0.2, 0.25) is 0 Å². The second kappa shape index (κ2) is 8.43. The number of aryl methyl sites for hydroxylation is 1. The minimum Gasteiger partial charge on any atom is -0.460 e. The molecule has 3 aromatic heterocycles. The lowest BCUT2D eigenvalue weighted by molar-refractivity contribution is 0.0945. The van der Waals surface area contributed by atoms with Crippen LogP contribution < -0.4 is 11.2 Å². The monoisotopic (exact) mass is 387 g/mol. The van der Waals surface area contributed by atoms with E-state index in [9.17, 15) is 4.79 Å². The Labute approximate surface area is 160 Å². The Bertz CT molecular complexity index is 968. The number of nitrogens with two attached hydrogens (primary N) is 1. The number of nitrogen functional groups attached to an aromatic ring is 1. The predicted molar refractivity (Wildman–Crippen MR) is 98.8 cm³/mol. The lowest BCUT2D eigenvalue weighted by Crippen LogP contribution is -2.27. The minimum absolute atomic E-state index is 0.0112. The smallest absolute Gasteiger partial charge is 0.292 e. The van der Waals surface area contributed by atoms with Crippen LogP contribution in [0, 0.1) is 6.92 Å². The van der Waals surface area contributed by atoms with Crippen molar-refractivity contribution in [1.29, 1.82) is 0 Å². The molecule has 3 rings (SSSR count). The normalized spacial score (nSPS) is 11.6. The van der Waals surface area contributed by atoms with Gasteiger partial charge in [0.05, 0.1) is 6.21 Å². The standard InChI is InChI=1S/C16H21N9O3/c1-4-24(5-2)9-12-13(25(23-19-12)15-14(17)21-28-22-15)16(26)20-18-8-11-7-6-10(3)27-11/h6-8H,4-5,9H2,1-3H3,(H2,17,21)(H,20,26)/b18-8-. The molecule has 0 aliphatic carbocycles. The molecule has 12 heteroatoms. The molecule has 0 fully saturated rings. The highest BCUT2D eigenvalue weighted by atomic mass is 16.6. The van der Waals surface area contributed by atoms with Gasteiger partial charge >= 0.3 is 0 Å². The van der Waals surface area contributed by atoms with E-state index in [-0.39, 0.29) is 17.3 Å². The summed E-state index contributed by atoms with van der Waals surface area (Å²) >= 11 is 0. The second-order valence-corrected chi connectivity index (χ2v) is 5.88. The Balaban J connectivity index is 1.89. The number of hydrogen-bond acceptors (Lipinski definition) is 10. The molecule has 12 nitrogen and oxygen atoms in total. The van der Waals surface area contributed by atoms with E-state index in [2.05, 4.69) is 40.7 Å². The maximum atomic E-state index is 12.8. The fraction of sp³-hybridized carbons (Fsp3) is 0.375. The third-order valence-corrected chi connectivity index (χ3v) is 4.04. The molecule has 1 amide bonds. The van der Waals surface area contributed by atoms with E-state index in [0.29, 0.717) is 18.0 Å². The van der Waals surface area contributed by atoms with Gasteiger partial charge in [0.25, 0.3) is 5.91 Å². The summed E-state index contributed by atoms with van der Waals surface area (Å²) in [6.07, 6.45) is 1.40. The molecule has 3 aromatic rings. The number of carbonyl (C=O) groups is 1. The van der Waals surface area contributed by atoms with Crippen LogP contribution in [0.4, 0.5) is 5.82 Å². The summed E-state index contributed by atoms with van der Waals surface area (Å²) < 4.78 is 11.2. The Hall–Kier alpha value is -3.54. The van der Waals surface area contributed by atoms with Gasteiger partial charge in [-0.1, -0.05) is 19.1 Å². The number of amides is 1. The van der Waals surface area contributed by atoms with E-state index in [1.54, 1.807) is 12.1 Å². The van der Waals surface area contributed by atoms with E-state index in [1.807, 2.05) is 20.8 Å². The maximum Gasteiger partial charge on any atom is 0.292 e. The summed E-state index contributed by atoms with van der Waals surface area (Å²) in [7, 11) is 0. The fourth-order valence-electron chi connectivity index (χ4n) is 2.52. The highest BCUT2D eigenvalue weighted by Crippen LogP contribution is 2.17. The van der Waals surface area contributed by atoms with Gasteiger partial charge < -0.3 is 10.2 Å². The molecule has 0 saturated heterocycles. The number of furan rings is 1. The van der Waals surface area contributed by atoms with Gasteiger partial charge in [-0.25, -0.2) is 10.1 Å². The SMILES string of the molecule is CCN(CC)Cc1nnn(-c2nonc2N)c1C(=O)N/N=C\c1ccc(C)o1. The van der Waals surface area contributed by atoms with Crippen LogP contribution in [-0.2, 0) is 6.54 Å². The highest BCUT2D eigenvalue weighted by molar-refractivity contribution is 5.94. The zero-order valence-corrected chi connectivity index (χ0v) is 15.8. The Kier molecular flexibility index (Phi) is 5.79. The van der Waals surface area contributed by atoms with Gasteiger partial charge in [0.1, 0.15) is 17.2 Å². The molecule has 0 spiro atoms. The molecular weight excluding hydrogens is 366 g/mol. The van der Waals surface area contributed by atoms with Crippen LogP contribution >= 0.6 is 0 Å². The summed E-state index contributed by atoms with van der Waals surface area (Å²) in [5.74, 6) is 0.786. The van der Waals surface area contributed by atoms with Crippen molar-refractivity contribution in [3.8, 4) is 5.82 Å². The number of aromatic nitrogens is 5. The molecule has 0 radical (unpaired) electrons. The van der Waals surface area contributed by atoms with Gasteiger partial charge in [-0.15, -0.1) is 5.10 Å². The third-order valence-electron chi connectivity index (χ3n) is 4.04. The number of hydrazone groups is 1. The van der Waals surface area contributed by atoms with Gasteiger partial charge in [-0.3, -0.25) is 9.69 Å². The van der Waals surface area contributed by atoms with E-state index in [0.717, 1.165) is 18.8 Å². The Morgan fingerprint density at radius 1 is 1.36 bits per heavy atom. The number of rotatable bonds is 8. The highest BCUT2D eigenvalue weighted by Gasteiger charge is 2.25. The van der Waals surface area contributed by atoms with Crippen molar-refractivity contribution < 1.29 is 13.8 Å². The van der Waals surface area contributed by atoms with Crippen LogP contribution in [0.3, 0.4) is 0 Å². The lowest BCUT2D eigenvalue weighted by Gasteiger charge is -2.16. The van der Waals surface area contributed by atoms with Crippen molar-refractivity contribution in [1.82, 2.24) is 35.6 Å². The minimum atomic E-state index is -0.533. The first-order valence-electron chi connectivity index (χ1n) is 8.68. The summed E-state index contributed by atoms with van der Waals surface area (Å²) in [4.78, 5) is 14.9. The van der Waals surface area contributed by atoms with Gasteiger partial charge in [0, 0.05) is 6.54 Å². The van der Waals surface area contributed by atoms with Crippen LogP contribution in [0.15, 0.2) is 26.3 Å². The van der Waals surface area contributed by atoms with Crippen molar-refractivity contribution in [2.45, 2.75) is 27.3 Å². The van der Waals surface area contributed by atoms with Crippen molar-refractivity contribution in [3.05, 3.63) is 35.0 Å². The molecule has 3 heterocycles. The first-order valence-corrected chi connectivity index (χ1v) is 8.68. The number of nitrogens with one attached hydrogen (secondary N) is 1. The first kappa shape index (κ1) is 19.2. The number of carbonyl (C=O) groups excluding carboxylic acids is 1. The fourth-order valence-corrected chi connectivity index (χ4v) is 2.52. The second-order valence-electron chi connectivity index (χ2n) is 5.88. The van der Waals surface area contributed by atoms with Gasteiger partial charge in [0.2, 0.25) is 11.6 Å². The molecule has 0 saturated carbocycles. The number of nitrogens with zero attached hydrogens (tertiary/aromatic N) is 7. The van der Waals surface area contributed by atoms with Gasteiger partial charge in [0.15, 0.2) is 5.69 Å². The lowest BCUT2D eigenvalue weighted by atomic mass is 10.2. The molecule has 28 heavy (non-hydrogen) atoms. The van der Waals surface area contributed by atoms with E-state index in [1.165, 1.54) is 10.9 Å². The molecule has 148 valence electrons. The largest absolute Gasteiger partial charge is 0.460 e. The van der Waals surface area contributed by atoms with E-state index < -0.39 is 5.91 Å². The Morgan fingerprint density at radius 2 is 2.14 bits per heavy atom. The molecule has 0 bridgehead atoms. The zero-order valence-electron chi connectivity index (χ0n) is 15.8. The average molecular weight is 387 g/mol. The Morgan fingerprint density at radius 3 is 2.75 bits per heavy atom. The van der Waals surface area contributed by atoms with Crippen LogP contribution in [0.1, 0.15) is 41.6 Å². The number of hydrogen-bond donors (Lipinski definition) is 2. The topological polar surface area (TPSA) is 153 Å². The summed E-state index contributed by atoms with van der Waals surface area (Å²) in [6.45, 7) is 7.84. The molecule has 0 aliphatic rings. The summed E-state index contributed by atoms with van der Waals surface area (Å²) in [5.41, 5.74) is 8.78. The third kappa shape index (κ3) is 4.06. The quantitative estimate of drug-likeness (QED) is 0.420. The molecule has 3 N–H and O–H groups in total. The van der Waals surface area contributed by atoms with Crippen molar-refractivity contribution >= 4 is 17.9 Å². The molecule has 0 aliphatic heterocycles. The van der Waals surface area contributed by atoms with Crippen molar-refractivity contribution in [2.24, 2.45) is 5.10 Å². The van der Waals surface area contributed by atoms with Crippen LogP contribution in [0.5, 0.6) is 0 Å². The first-order chi connectivity index (χ1) is 13.5. The summed E-state index contributed by atoms with van der Waals surface area (Å²) in [6, 6.07) is 3.54. The molecule has 0 unspecified atom stereocenters. The van der Waals surface area contributed by atoms with Gasteiger partial charge in [-0.2, -0.15) is 9.78 Å². The van der Waals surface area contributed by atoms with Crippen molar-refractivity contribution in [3.63, 3.8) is 0 Å². The van der Waals surface area contributed by atoms with Gasteiger partial charge in [-0.05, 0) is 42.5 Å². The summed E-state index contributed by atoms with van der Waals surface area (Å²) in [5, 5.41) is 19.3. The maximum absolute atomic E-state index is 12.8. The van der Waals surface area contributed by atoms with E-state index in [4.69, 9.17) is 10.2 Å². The van der Waals surface area contributed by atoms with Crippen LogP contribution in [0.25, 0.3) is 5.82 Å². The predicted octanol–water partition coefficient (Wildman–Crippen LogP) is 0.740. The molecular formula is C16H21N9O3. The average Bonchev–Trinajstić information content (AvgIpc) is 3.39.